The standard InChI is InChI=1S/C10H12N4S/c1-7-6-13-10(11-2)14-8(7)5-9-12-3-4-15-9/h3-4,6H,5H2,1-2H3,(H,11,13,14). The van der Waals surface area contributed by atoms with Crippen LogP contribution in [0.4, 0.5) is 5.95 Å². The predicted molar refractivity (Wildman–Crippen MR) is 61.2 cm³/mol. The number of rotatable bonds is 3. The molecule has 0 atom stereocenters. The molecule has 0 radical (unpaired) electrons. The minimum Gasteiger partial charge on any atom is -0.357 e. The number of nitrogens with one attached hydrogen (secondary N) is 1. The lowest BCUT2D eigenvalue weighted by Gasteiger charge is -2.04. The van der Waals surface area contributed by atoms with Crippen molar-refractivity contribution < 1.29 is 0 Å². The summed E-state index contributed by atoms with van der Waals surface area (Å²) in [5, 5.41) is 5.99. The molecule has 4 nitrogen and oxygen atoms in total. The highest BCUT2D eigenvalue weighted by molar-refractivity contribution is 7.09. The summed E-state index contributed by atoms with van der Waals surface area (Å²) in [6.07, 6.45) is 4.43. The summed E-state index contributed by atoms with van der Waals surface area (Å²) in [6, 6.07) is 0. The molecule has 2 aromatic heterocycles. The molecule has 1 N–H and O–H groups in total. The van der Waals surface area contributed by atoms with Gasteiger partial charge in [0, 0.05) is 31.2 Å². The van der Waals surface area contributed by atoms with Crippen LogP contribution in [0.5, 0.6) is 0 Å². The third-order valence-corrected chi connectivity index (χ3v) is 2.88. The lowest BCUT2D eigenvalue weighted by molar-refractivity contribution is 0.986. The fourth-order valence-corrected chi connectivity index (χ4v) is 1.88. The molecule has 2 rings (SSSR count). The second kappa shape index (κ2) is 4.35. The molecule has 0 bridgehead atoms. The van der Waals surface area contributed by atoms with Crippen molar-refractivity contribution in [3.63, 3.8) is 0 Å². The summed E-state index contributed by atoms with van der Waals surface area (Å²) < 4.78 is 0. The highest BCUT2D eigenvalue weighted by Crippen LogP contribution is 2.14. The van der Waals surface area contributed by atoms with Crippen LogP contribution in [0.15, 0.2) is 17.8 Å². The lowest BCUT2D eigenvalue weighted by Crippen LogP contribution is -2.02. The van der Waals surface area contributed by atoms with Crippen LogP contribution >= 0.6 is 11.3 Å². The third kappa shape index (κ3) is 2.30. The summed E-state index contributed by atoms with van der Waals surface area (Å²) in [6.45, 7) is 2.02. The molecule has 0 amide bonds. The van der Waals surface area contributed by atoms with Gasteiger partial charge in [0.15, 0.2) is 0 Å². The Labute approximate surface area is 92.4 Å². The summed E-state index contributed by atoms with van der Waals surface area (Å²) in [5.74, 6) is 0.659. The van der Waals surface area contributed by atoms with Gasteiger partial charge in [-0.2, -0.15) is 0 Å². The van der Waals surface area contributed by atoms with Crippen LogP contribution in [0.1, 0.15) is 16.3 Å². The maximum atomic E-state index is 4.41. The van der Waals surface area contributed by atoms with Crippen LogP contribution in [-0.2, 0) is 6.42 Å². The van der Waals surface area contributed by atoms with E-state index in [2.05, 4.69) is 20.3 Å². The van der Waals surface area contributed by atoms with E-state index < -0.39 is 0 Å². The van der Waals surface area contributed by atoms with Crippen LogP contribution in [0.3, 0.4) is 0 Å². The van der Waals surface area contributed by atoms with Gasteiger partial charge in [0.1, 0.15) is 0 Å². The first-order valence-corrected chi connectivity index (χ1v) is 5.56. The van der Waals surface area contributed by atoms with Gasteiger partial charge in [-0.25, -0.2) is 15.0 Å². The molecule has 78 valence electrons. The van der Waals surface area contributed by atoms with E-state index in [1.165, 1.54) is 0 Å². The Morgan fingerprint density at radius 2 is 2.27 bits per heavy atom. The Balaban J connectivity index is 2.27. The largest absolute Gasteiger partial charge is 0.357 e. The predicted octanol–water partition coefficient (Wildman–Crippen LogP) is 1.87. The lowest BCUT2D eigenvalue weighted by atomic mass is 10.2. The zero-order chi connectivity index (χ0) is 10.7. The number of anilines is 1. The molecule has 0 aliphatic heterocycles. The van der Waals surface area contributed by atoms with E-state index in [0.29, 0.717) is 5.95 Å². The van der Waals surface area contributed by atoms with Crippen molar-refractivity contribution >= 4 is 17.3 Å². The molecule has 0 fully saturated rings. The van der Waals surface area contributed by atoms with Crippen LogP contribution < -0.4 is 5.32 Å². The number of hydrogen-bond donors (Lipinski definition) is 1. The van der Waals surface area contributed by atoms with E-state index in [-0.39, 0.29) is 0 Å². The van der Waals surface area contributed by atoms with Gasteiger partial charge in [0.05, 0.1) is 10.7 Å². The van der Waals surface area contributed by atoms with Crippen molar-refractivity contribution in [3.05, 3.63) is 34.0 Å². The van der Waals surface area contributed by atoms with E-state index in [1.807, 2.05) is 31.7 Å². The Morgan fingerprint density at radius 3 is 2.93 bits per heavy atom. The van der Waals surface area contributed by atoms with E-state index in [4.69, 9.17) is 0 Å². The molecule has 15 heavy (non-hydrogen) atoms. The van der Waals surface area contributed by atoms with Crippen molar-refractivity contribution in [2.45, 2.75) is 13.3 Å². The van der Waals surface area contributed by atoms with Crippen molar-refractivity contribution in [1.29, 1.82) is 0 Å². The minimum absolute atomic E-state index is 0.659. The van der Waals surface area contributed by atoms with E-state index in [9.17, 15) is 0 Å². The summed E-state index contributed by atoms with van der Waals surface area (Å²) in [5.41, 5.74) is 2.13. The molecule has 0 spiro atoms. The number of aryl methyl sites for hydroxylation is 1. The first-order chi connectivity index (χ1) is 7.29. The van der Waals surface area contributed by atoms with Gasteiger partial charge in [-0.05, 0) is 12.5 Å². The molecule has 2 heterocycles. The van der Waals surface area contributed by atoms with E-state index in [1.54, 1.807) is 11.3 Å². The number of nitrogens with zero attached hydrogens (tertiary/aromatic N) is 3. The smallest absolute Gasteiger partial charge is 0.222 e. The fourth-order valence-electron chi connectivity index (χ4n) is 1.26. The molecule has 0 saturated heterocycles. The van der Waals surface area contributed by atoms with Gasteiger partial charge in [0.25, 0.3) is 0 Å². The average Bonchev–Trinajstić information content (AvgIpc) is 2.74. The van der Waals surface area contributed by atoms with Gasteiger partial charge in [-0.1, -0.05) is 0 Å². The second-order valence-corrected chi connectivity index (χ2v) is 4.16. The molecule has 5 heteroatoms. The molecule has 2 aromatic rings. The Hall–Kier alpha value is -1.49. The van der Waals surface area contributed by atoms with Crippen molar-refractivity contribution in [2.75, 3.05) is 12.4 Å². The topological polar surface area (TPSA) is 50.7 Å². The molecular formula is C10H12N4S. The summed E-state index contributed by atoms with van der Waals surface area (Å²) in [4.78, 5) is 12.8. The van der Waals surface area contributed by atoms with Crippen LogP contribution in [0.25, 0.3) is 0 Å². The normalized spacial score (nSPS) is 10.3. The monoisotopic (exact) mass is 220 g/mol. The minimum atomic E-state index is 0.659. The average molecular weight is 220 g/mol. The number of hydrogen-bond acceptors (Lipinski definition) is 5. The summed E-state index contributed by atoms with van der Waals surface area (Å²) >= 11 is 1.65. The first-order valence-electron chi connectivity index (χ1n) is 4.68. The molecule has 0 aromatic carbocycles. The van der Waals surface area contributed by atoms with Gasteiger partial charge in [0.2, 0.25) is 5.95 Å². The Kier molecular flexibility index (Phi) is 2.91. The van der Waals surface area contributed by atoms with Crippen molar-refractivity contribution in [1.82, 2.24) is 15.0 Å². The van der Waals surface area contributed by atoms with Crippen LogP contribution in [0, 0.1) is 6.92 Å². The number of aromatic nitrogens is 3. The Bertz CT molecular complexity index is 439. The molecule has 0 aliphatic rings. The van der Waals surface area contributed by atoms with E-state index in [0.717, 1.165) is 22.7 Å². The van der Waals surface area contributed by atoms with Crippen molar-refractivity contribution in [2.24, 2.45) is 0 Å². The fraction of sp³-hybridized carbons (Fsp3) is 0.300. The first kappa shape index (κ1) is 10.0. The van der Waals surface area contributed by atoms with Gasteiger partial charge in [-0.3, -0.25) is 0 Å². The highest BCUT2D eigenvalue weighted by Gasteiger charge is 2.05. The van der Waals surface area contributed by atoms with Crippen molar-refractivity contribution in [3.8, 4) is 0 Å². The molecule has 0 unspecified atom stereocenters. The summed E-state index contributed by atoms with van der Waals surface area (Å²) in [7, 11) is 1.82. The number of thiazole rings is 1. The van der Waals surface area contributed by atoms with Gasteiger partial charge >= 0.3 is 0 Å². The maximum Gasteiger partial charge on any atom is 0.222 e. The molecular weight excluding hydrogens is 208 g/mol. The van der Waals surface area contributed by atoms with Gasteiger partial charge < -0.3 is 5.32 Å². The van der Waals surface area contributed by atoms with Gasteiger partial charge in [-0.15, -0.1) is 11.3 Å². The zero-order valence-corrected chi connectivity index (χ0v) is 9.51. The maximum absolute atomic E-state index is 4.41. The SMILES string of the molecule is CNc1ncc(C)c(Cc2nccs2)n1. The highest BCUT2D eigenvalue weighted by atomic mass is 32.1. The quantitative estimate of drug-likeness (QED) is 0.858. The van der Waals surface area contributed by atoms with E-state index >= 15 is 0 Å². The Morgan fingerprint density at radius 1 is 1.40 bits per heavy atom. The van der Waals surface area contributed by atoms with Crippen LogP contribution in [-0.4, -0.2) is 22.0 Å². The van der Waals surface area contributed by atoms with Crippen LogP contribution in [0.2, 0.25) is 0 Å². The molecule has 0 saturated carbocycles. The second-order valence-electron chi connectivity index (χ2n) is 3.18. The zero-order valence-electron chi connectivity index (χ0n) is 8.69. The third-order valence-electron chi connectivity index (χ3n) is 2.10. The molecule has 0 aliphatic carbocycles.